The highest BCUT2D eigenvalue weighted by molar-refractivity contribution is 6.30. The number of nitrogens with one attached hydrogen (secondary N) is 1. The molecule has 1 saturated carbocycles. The van der Waals surface area contributed by atoms with Crippen LogP contribution in [0.3, 0.4) is 0 Å². The summed E-state index contributed by atoms with van der Waals surface area (Å²) in [5.41, 5.74) is 3.31. The van der Waals surface area contributed by atoms with E-state index >= 15 is 0 Å². The number of rotatable bonds is 9. The van der Waals surface area contributed by atoms with Gasteiger partial charge in [-0.25, -0.2) is 0 Å². The predicted octanol–water partition coefficient (Wildman–Crippen LogP) is 5.84. The molecule has 1 fully saturated rings. The van der Waals surface area contributed by atoms with Crippen LogP contribution in [0.5, 0.6) is 0 Å². The minimum Gasteiger partial charge on any atom is -0.352 e. The zero-order chi connectivity index (χ0) is 22.9. The molecule has 5 heteroatoms. The summed E-state index contributed by atoms with van der Waals surface area (Å²) < 4.78 is 0. The summed E-state index contributed by atoms with van der Waals surface area (Å²) in [6, 6.07) is 15.5. The van der Waals surface area contributed by atoms with Crippen LogP contribution in [0, 0.1) is 6.92 Å². The number of carbonyl (C=O) groups is 2. The molecular weight excluding hydrogens is 420 g/mol. The van der Waals surface area contributed by atoms with Gasteiger partial charge < -0.3 is 10.2 Å². The lowest BCUT2D eigenvalue weighted by atomic mass is 9.95. The fourth-order valence-corrected chi connectivity index (χ4v) is 4.53. The number of carbonyl (C=O) groups excluding carboxylic acids is 2. The molecule has 0 aliphatic heterocycles. The predicted molar refractivity (Wildman–Crippen MR) is 131 cm³/mol. The Morgan fingerprint density at radius 3 is 2.25 bits per heavy atom. The third-order valence-corrected chi connectivity index (χ3v) is 6.60. The maximum atomic E-state index is 13.4. The average Bonchev–Trinajstić information content (AvgIpc) is 2.80. The molecule has 2 aromatic rings. The zero-order valence-corrected chi connectivity index (χ0v) is 20.0. The second kappa shape index (κ2) is 12.1. The highest BCUT2D eigenvalue weighted by atomic mass is 35.5. The Labute approximate surface area is 197 Å². The van der Waals surface area contributed by atoms with Gasteiger partial charge in [0.1, 0.15) is 6.04 Å². The highest BCUT2D eigenvalue weighted by Gasteiger charge is 2.30. The Kier molecular flexibility index (Phi) is 9.16. The molecule has 3 rings (SSSR count). The number of nitrogens with zero attached hydrogens (tertiary/aromatic N) is 1. The summed E-state index contributed by atoms with van der Waals surface area (Å²) in [4.78, 5) is 28.3. The van der Waals surface area contributed by atoms with Gasteiger partial charge in [-0.05, 0) is 55.9 Å². The smallest absolute Gasteiger partial charge is 0.243 e. The molecule has 1 atom stereocenters. The standard InChI is InChI=1S/C27H35ClN2O2/c1-3-25(27(32)29-24-7-5-4-6-8-24)30(19-22-13-16-23(28)17-14-22)26(31)18-15-21-11-9-20(2)10-12-21/h9-14,16-17,24-25H,3-8,15,18-19H2,1-2H3,(H,29,32)/t25-/m0/s1. The van der Waals surface area contributed by atoms with E-state index in [1.807, 2.05) is 31.2 Å². The van der Waals surface area contributed by atoms with E-state index in [0.717, 1.165) is 36.8 Å². The number of hydrogen-bond donors (Lipinski definition) is 1. The molecule has 0 aromatic heterocycles. The fourth-order valence-electron chi connectivity index (χ4n) is 4.40. The fraction of sp³-hybridized carbons (Fsp3) is 0.481. The lowest BCUT2D eigenvalue weighted by molar-refractivity contribution is -0.141. The Hall–Kier alpha value is -2.33. The largest absolute Gasteiger partial charge is 0.352 e. The molecular formula is C27H35ClN2O2. The van der Waals surface area contributed by atoms with Gasteiger partial charge in [-0.15, -0.1) is 0 Å². The number of amides is 2. The minimum absolute atomic E-state index is 0.00571. The first kappa shape index (κ1) is 24.3. The maximum Gasteiger partial charge on any atom is 0.243 e. The van der Waals surface area contributed by atoms with Gasteiger partial charge in [-0.1, -0.05) is 79.7 Å². The number of halogens is 1. The number of aryl methyl sites for hydroxylation is 2. The van der Waals surface area contributed by atoms with Crippen LogP contribution in [0.1, 0.15) is 68.6 Å². The molecule has 0 saturated heterocycles. The van der Waals surface area contributed by atoms with Gasteiger partial charge in [0.15, 0.2) is 0 Å². The van der Waals surface area contributed by atoms with E-state index in [9.17, 15) is 9.59 Å². The van der Waals surface area contributed by atoms with Gasteiger partial charge >= 0.3 is 0 Å². The normalized spacial score (nSPS) is 15.2. The average molecular weight is 455 g/mol. The Bertz CT molecular complexity index is 874. The Morgan fingerprint density at radius 2 is 1.62 bits per heavy atom. The van der Waals surface area contributed by atoms with Gasteiger partial charge in [0.05, 0.1) is 0 Å². The van der Waals surface area contributed by atoms with Gasteiger partial charge in [0.25, 0.3) is 0 Å². The summed E-state index contributed by atoms with van der Waals surface area (Å²) in [5.74, 6) is -0.0248. The molecule has 32 heavy (non-hydrogen) atoms. The number of benzene rings is 2. The molecule has 2 amide bonds. The van der Waals surface area contributed by atoms with Crippen molar-refractivity contribution in [3.05, 3.63) is 70.2 Å². The lowest BCUT2D eigenvalue weighted by Gasteiger charge is -2.33. The van der Waals surface area contributed by atoms with E-state index in [0.29, 0.717) is 30.8 Å². The first-order valence-corrected chi connectivity index (χ1v) is 12.2. The van der Waals surface area contributed by atoms with Crippen molar-refractivity contribution in [3.63, 3.8) is 0 Å². The van der Waals surface area contributed by atoms with Crippen LogP contribution in [0.4, 0.5) is 0 Å². The summed E-state index contributed by atoms with van der Waals surface area (Å²) in [7, 11) is 0. The molecule has 0 radical (unpaired) electrons. The van der Waals surface area contributed by atoms with Crippen molar-refractivity contribution in [2.45, 2.75) is 83.8 Å². The van der Waals surface area contributed by atoms with E-state index in [1.165, 1.54) is 12.0 Å². The van der Waals surface area contributed by atoms with Crippen LogP contribution in [0.2, 0.25) is 5.02 Å². The third kappa shape index (κ3) is 7.09. The van der Waals surface area contributed by atoms with Crippen LogP contribution >= 0.6 is 11.6 Å². The molecule has 2 aromatic carbocycles. The SMILES string of the molecule is CC[C@@H](C(=O)NC1CCCCC1)N(Cc1ccc(Cl)cc1)C(=O)CCc1ccc(C)cc1. The van der Waals surface area contributed by atoms with Crippen molar-refractivity contribution in [3.8, 4) is 0 Å². The van der Waals surface area contributed by atoms with Crippen molar-refractivity contribution in [1.82, 2.24) is 10.2 Å². The quantitative estimate of drug-likeness (QED) is 0.517. The second-order valence-electron chi connectivity index (χ2n) is 8.90. The van der Waals surface area contributed by atoms with Gasteiger partial charge in [0, 0.05) is 24.0 Å². The molecule has 0 unspecified atom stereocenters. The lowest BCUT2D eigenvalue weighted by Crippen LogP contribution is -2.51. The van der Waals surface area contributed by atoms with Crippen LogP contribution in [-0.4, -0.2) is 28.8 Å². The van der Waals surface area contributed by atoms with Crippen LogP contribution in [-0.2, 0) is 22.6 Å². The van der Waals surface area contributed by atoms with E-state index in [1.54, 1.807) is 4.90 Å². The molecule has 172 valence electrons. The van der Waals surface area contributed by atoms with Crippen molar-refractivity contribution in [1.29, 1.82) is 0 Å². The highest BCUT2D eigenvalue weighted by Crippen LogP contribution is 2.20. The van der Waals surface area contributed by atoms with E-state index in [2.05, 4.69) is 36.5 Å². The minimum atomic E-state index is -0.474. The van der Waals surface area contributed by atoms with Crippen LogP contribution < -0.4 is 5.32 Å². The second-order valence-corrected chi connectivity index (χ2v) is 9.34. The maximum absolute atomic E-state index is 13.4. The summed E-state index contributed by atoms with van der Waals surface area (Å²) in [6.45, 7) is 4.44. The van der Waals surface area contributed by atoms with Crippen LogP contribution in [0.25, 0.3) is 0 Å². The molecule has 0 heterocycles. The van der Waals surface area contributed by atoms with Gasteiger partial charge in [-0.2, -0.15) is 0 Å². The van der Waals surface area contributed by atoms with Crippen molar-refractivity contribution < 1.29 is 9.59 Å². The van der Waals surface area contributed by atoms with Crippen LogP contribution in [0.15, 0.2) is 48.5 Å². The first-order valence-electron chi connectivity index (χ1n) is 11.9. The van der Waals surface area contributed by atoms with Gasteiger partial charge in [0.2, 0.25) is 11.8 Å². The van der Waals surface area contributed by atoms with E-state index in [4.69, 9.17) is 11.6 Å². The monoisotopic (exact) mass is 454 g/mol. The van der Waals surface area contributed by atoms with Crippen molar-refractivity contribution in [2.75, 3.05) is 0 Å². The summed E-state index contributed by atoms with van der Waals surface area (Å²) >= 11 is 6.04. The molecule has 0 bridgehead atoms. The number of hydrogen-bond acceptors (Lipinski definition) is 2. The topological polar surface area (TPSA) is 49.4 Å². The van der Waals surface area contributed by atoms with E-state index in [-0.39, 0.29) is 17.9 Å². The molecule has 4 nitrogen and oxygen atoms in total. The van der Waals surface area contributed by atoms with Gasteiger partial charge in [-0.3, -0.25) is 9.59 Å². The molecule has 0 spiro atoms. The molecule has 1 aliphatic carbocycles. The third-order valence-electron chi connectivity index (χ3n) is 6.35. The first-order chi connectivity index (χ1) is 15.5. The van der Waals surface area contributed by atoms with Crippen molar-refractivity contribution >= 4 is 23.4 Å². The molecule has 1 N–H and O–H groups in total. The molecule has 1 aliphatic rings. The Morgan fingerprint density at radius 1 is 1.00 bits per heavy atom. The summed E-state index contributed by atoms with van der Waals surface area (Å²) in [6.07, 6.45) is 7.24. The Balaban J connectivity index is 1.73. The zero-order valence-electron chi connectivity index (χ0n) is 19.3. The van der Waals surface area contributed by atoms with E-state index < -0.39 is 6.04 Å². The summed E-state index contributed by atoms with van der Waals surface area (Å²) in [5, 5.41) is 3.89. The van der Waals surface area contributed by atoms with Crippen molar-refractivity contribution in [2.24, 2.45) is 0 Å².